The molecule has 1 fully saturated rings. The maximum Gasteiger partial charge on any atom is 0.256 e. The van der Waals surface area contributed by atoms with Gasteiger partial charge in [0.2, 0.25) is 0 Å². The summed E-state index contributed by atoms with van der Waals surface area (Å²) in [7, 11) is 1.59. The van der Waals surface area contributed by atoms with Crippen LogP contribution < -0.4 is 5.73 Å². The van der Waals surface area contributed by atoms with Gasteiger partial charge in [-0.2, -0.15) is 0 Å². The fraction of sp³-hybridized carbons (Fsp3) is 0.562. The highest BCUT2D eigenvalue weighted by atomic mass is 16.5. The summed E-state index contributed by atoms with van der Waals surface area (Å²) in [6, 6.07) is 9.95. The van der Waals surface area contributed by atoms with Gasteiger partial charge < -0.3 is 15.4 Å². The Labute approximate surface area is 120 Å². The Morgan fingerprint density at radius 1 is 1.40 bits per heavy atom. The Morgan fingerprint density at radius 3 is 2.80 bits per heavy atom. The number of carbonyl (C=O) groups is 1. The lowest BCUT2D eigenvalue weighted by Gasteiger charge is -2.37. The molecule has 0 bridgehead atoms. The highest BCUT2D eigenvalue weighted by Gasteiger charge is 2.31. The van der Waals surface area contributed by atoms with Gasteiger partial charge in [0.05, 0.1) is 0 Å². The van der Waals surface area contributed by atoms with E-state index >= 15 is 0 Å². The van der Waals surface area contributed by atoms with E-state index in [1.807, 2.05) is 35.2 Å². The van der Waals surface area contributed by atoms with Gasteiger partial charge in [-0.15, -0.1) is 0 Å². The molecular weight excluding hydrogens is 252 g/mol. The average molecular weight is 276 g/mol. The van der Waals surface area contributed by atoms with Gasteiger partial charge in [0, 0.05) is 19.7 Å². The Balaban J connectivity index is 2.14. The normalized spacial score (nSPS) is 20.7. The van der Waals surface area contributed by atoms with Crippen LogP contribution in [0.4, 0.5) is 0 Å². The van der Waals surface area contributed by atoms with Crippen LogP contribution in [-0.4, -0.2) is 37.0 Å². The first kappa shape index (κ1) is 15.0. The summed E-state index contributed by atoms with van der Waals surface area (Å²) < 4.78 is 5.46. The number of hydrogen-bond donors (Lipinski definition) is 1. The maximum absolute atomic E-state index is 12.8. The summed E-state index contributed by atoms with van der Waals surface area (Å²) in [5.41, 5.74) is 6.59. The van der Waals surface area contributed by atoms with Crippen molar-refractivity contribution in [2.45, 2.75) is 37.8 Å². The molecule has 20 heavy (non-hydrogen) atoms. The Hall–Kier alpha value is -1.39. The van der Waals surface area contributed by atoms with Crippen LogP contribution >= 0.6 is 0 Å². The zero-order valence-corrected chi connectivity index (χ0v) is 12.1. The van der Waals surface area contributed by atoms with Gasteiger partial charge in [0.15, 0.2) is 6.10 Å². The van der Waals surface area contributed by atoms with E-state index in [-0.39, 0.29) is 11.9 Å². The molecule has 0 aromatic heterocycles. The van der Waals surface area contributed by atoms with Crippen molar-refractivity contribution in [2.24, 2.45) is 5.73 Å². The molecule has 0 radical (unpaired) electrons. The number of piperidine rings is 1. The molecule has 110 valence electrons. The molecule has 4 nitrogen and oxygen atoms in total. The molecule has 2 N–H and O–H groups in total. The average Bonchev–Trinajstić information content (AvgIpc) is 2.50. The topological polar surface area (TPSA) is 55.6 Å². The zero-order chi connectivity index (χ0) is 14.4. The number of rotatable bonds is 5. The molecule has 1 aromatic rings. The number of amides is 1. The summed E-state index contributed by atoms with van der Waals surface area (Å²) in [4.78, 5) is 14.7. The van der Waals surface area contributed by atoms with Crippen molar-refractivity contribution in [3.8, 4) is 0 Å². The molecule has 2 rings (SSSR count). The largest absolute Gasteiger partial charge is 0.367 e. The van der Waals surface area contributed by atoms with Crippen molar-refractivity contribution in [1.82, 2.24) is 4.90 Å². The molecule has 2 atom stereocenters. The first-order valence-corrected chi connectivity index (χ1v) is 7.36. The van der Waals surface area contributed by atoms with Crippen LogP contribution in [0.3, 0.4) is 0 Å². The first-order valence-electron chi connectivity index (χ1n) is 7.36. The summed E-state index contributed by atoms with van der Waals surface area (Å²) in [6.07, 6.45) is 3.66. The SMILES string of the molecule is COC(C(=O)N1CCCCC1CCN)c1ccccc1. The number of benzene rings is 1. The Bertz CT molecular complexity index is 420. The molecule has 1 aliphatic rings. The molecule has 1 saturated heterocycles. The van der Waals surface area contributed by atoms with Gasteiger partial charge in [-0.1, -0.05) is 30.3 Å². The molecule has 4 heteroatoms. The number of carbonyl (C=O) groups excluding carboxylic acids is 1. The van der Waals surface area contributed by atoms with Crippen LogP contribution in [0.2, 0.25) is 0 Å². The van der Waals surface area contributed by atoms with Crippen LogP contribution in [0.1, 0.15) is 37.4 Å². The Morgan fingerprint density at radius 2 is 2.15 bits per heavy atom. The van der Waals surface area contributed by atoms with Gasteiger partial charge in [-0.3, -0.25) is 4.79 Å². The van der Waals surface area contributed by atoms with E-state index in [0.29, 0.717) is 6.54 Å². The van der Waals surface area contributed by atoms with Crippen LogP contribution in [0.5, 0.6) is 0 Å². The highest BCUT2D eigenvalue weighted by molar-refractivity contribution is 5.82. The van der Waals surface area contributed by atoms with Crippen molar-refractivity contribution in [3.63, 3.8) is 0 Å². The predicted octanol–water partition coefficient (Wildman–Crippen LogP) is 2.10. The van der Waals surface area contributed by atoms with E-state index in [1.165, 1.54) is 6.42 Å². The molecule has 1 aliphatic heterocycles. The minimum absolute atomic E-state index is 0.0665. The van der Waals surface area contributed by atoms with E-state index in [0.717, 1.165) is 31.4 Å². The summed E-state index contributed by atoms with van der Waals surface area (Å²) in [5, 5.41) is 0. The third-order valence-corrected chi connectivity index (χ3v) is 3.97. The number of nitrogens with two attached hydrogens (primary N) is 1. The minimum atomic E-state index is -0.505. The molecule has 1 heterocycles. The van der Waals surface area contributed by atoms with Gasteiger partial charge in [0.1, 0.15) is 0 Å². The van der Waals surface area contributed by atoms with Crippen molar-refractivity contribution < 1.29 is 9.53 Å². The van der Waals surface area contributed by atoms with Crippen molar-refractivity contribution in [1.29, 1.82) is 0 Å². The standard InChI is InChI=1S/C16H24N2O2/c1-20-15(13-7-3-2-4-8-13)16(19)18-12-6-5-9-14(18)10-11-17/h2-4,7-8,14-15H,5-6,9-12,17H2,1H3. The smallest absolute Gasteiger partial charge is 0.256 e. The van der Waals surface area contributed by atoms with Crippen LogP contribution in [0.15, 0.2) is 30.3 Å². The lowest BCUT2D eigenvalue weighted by atomic mass is 9.97. The van der Waals surface area contributed by atoms with Crippen LogP contribution in [-0.2, 0) is 9.53 Å². The molecule has 0 aliphatic carbocycles. The summed E-state index contributed by atoms with van der Waals surface area (Å²) >= 11 is 0. The van der Waals surface area contributed by atoms with Crippen molar-refractivity contribution >= 4 is 5.91 Å². The second kappa shape index (κ2) is 7.41. The quantitative estimate of drug-likeness (QED) is 0.896. The fourth-order valence-corrected chi connectivity index (χ4v) is 2.94. The van der Waals surface area contributed by atoms with Crippen molar-refractivity contribution in [3.05, 3.63) is 35.9 Å². The molecule has 2 unspecified atom stereocenters. The van der Waals surface area contributed by atoms with Gasteiger partial charge in [0.25, 0.3) is 5.91 Å². The number of ether oxygens (including phenoxy) is 1. The molecule has 1 amide bonds. The van der Waals surface area contributed by atoms with Crippen LogP contribution in [0, 0.1) is 0 Å². The minimum Gasteiger partial charge on any atom is -0.367 e. The van der Waals surface area contributed by atoms with Crippen molar-refractivity contribution in [2.75, 3.05) is 20.2 Å². The van der Waals surface area contributed by atoms with E-state index in [4.69, 9.17) is 10.5 Å². The second-order valence-corrected chi connectivity index (χ2v) is 5.29. The number of likely N-dealkylation sites (tertiary alicyclic amines) is 1. The van der Waals surface area contributed by atoms with E-state index in [2.05, 4.69) is 0 Å². The monoisotopic (exact) mass is 276 g/mol. The first-order chi connectivity index (χ1) is 9.77. The Kier molecular flexibility index (Phi) is 5.56. The fourth-order valence-electron chi connectivity index (χ4n) is 2.94. The lowest BCUT2D eigenvalue weighted by Crippen LogP contribution is -2.47. The lowest BCUT2D eigenvalue weighted by molar-refractivity contribution is -0.146. The predicted molar refractivity (Wildman–Crippen MR) is 79.2 cm³/mol. The maximum atomic E-state index is 12.8. The summed E-state index contributed by atoms with van der Waals surface area (Å²) in [6.45, 7) is 1.44. The zero-order valence-electron chi connectivity index (χ0n) is 12.1. The number of methoxy groups -OCH3 is 1. The van der Waals surface area contributed by atoms with Gasteiger partial charge in [-0.25, -0.2) is 0 Å². The van der Waals surface area contributed by atoms with Crippen LogP contribution in [0.25, 0.3) is 0 Å². The van der Waals surface area contributed by atoms with Gasteiger partial charge in [-0.05, 0) is 37.8 Å². The molecule has 0 saturated carbocycles. The number of hydrogen-bond acceptors (Lipinski definition) is 3. The highest BCUT2D eigenvalue weighted by Crippen LogP contribution is 2.26. The molecule has 1 aromatic carbocycles. The second-order valence-electron chi connectivity index (χ2n) is 5.29. The van der Waals surface area contributed by atoms with E-state index in [1.54, 1.807) is 7.11 Å². The van der Waals surface area contributed by atoms with E-state index < -0.39 is 6.10 Å². The molecular formula is C16H24N2O2. The number of nitrogens with zero attached hydrogens (tertiary/aromatic N) is 1. The van der Waals surface area contributed by atoms with Gasteiger partial charge >= 0.3 is 0 Å². The van der Waals surface area contributed by atoms with E-state index in [9.17, 15) is 4.79 Å². The third kappa shape index (κ3) is 3.38. The molecule has 0 spiro atoms. The summed E-state index contributed by atoms with van der Waals surface area (Å²) in [5.74, 6) is 0.0665. The third-order valence-electron chi connectivity index (χ3n) is 3.97.